The molecule has 1 aromatic rings. The normalized spacial score (nSPS) is 19.6. The summed E-state index contributed by atoms with van der Waals surface area (Å²) in [5, 5.41) is 11.0. The molecule has 3 rings (SSSR count). The van der Waals surface area contributed by atoms with Crippen molar-refractivity contribution >= 4 is 17.3 Å². The van der Waals surface area contributed by atoms with Crippen molar-refractivity contribution in [1.29, 1.82) is 0 Å². The van der Waals surface area contributed by atoms with Crippen molar-refractivity contribution in [2.45, 2.75) is 12.8 Å². The van der Waals surface area contributed by atoms with Gasteiger partial charge in [-0.15, -0.1) is 0 Å². The van der Waals surface area contributed by atoms with Crippen molar-refractivity contribution in [3.8, 4) is 0 Å². The van der Waals surface area contributed by atoms with Crippen LogP contribution < -0.4 is 16.2 Å². The number of hydrogen-bond acceptors (Lipinski definition) is 7. The maximum atomic E-state index is 11.0. The zero-order valence-electron chi connectivity index (χ0n) is 11.9. The Kier molecular flexibility index (Phi) is 3.89. The molecule has 0 spiro atoms. The molecule has 0 unspecified atom stereocenters. The van der Waals surface area contributed by atoms with Crippen molar-refractivity contribution < 1.29 is 4.92 Å². The highest BCUT2D eigenvalue weighted by Gasteiger charge is 2.27. The number of piperazine rings is 1. The molecular formula is C13H20N6O2. The van der Waals surface area contributed by atoms with Gasteiger partial charge in [-0.2, -0.15) is 0 Å². The van der Waals surface area contributed by atoms with Crippen molar-refractivity contribution in [2.24, 2.45) is 11.8 Å². The number of anilines is 2. The lowest BCUT2D eigenvalue weighted by Crippen LogP contribution is -2.47. The minimum Gasteiger partial charge on any atom is -0.354 e. The van der Waals surface area contributed by atoms with Crippen molar-refractivity contribution in [3.63, 3.8) is 0 Å². The number of nitrogens with two attached hydrogens (primary N) is 1. The number of aromatic nitrogens is 1. The van der Waals surface area contributed by atoms with Crippen LogP contribution in [0.15, 0.2) is 12.1 Å². The van der Waals surface area contributed by atoms with Crippen LogP contribution in [-0.4, -0.2) is 47.5 Å². The zero-order valence-corrected chi connectivity index (χ0v) is 11.9. The number of nitrogens with zero attached hydrogens (tertiary/aromatic N) is 4. The van der Waals surface area contributed by atoms with E-state index in [1.165, 1.54) is 31.5 Å². The fourth-order valence-electron chi connectivity index (χ4n) is 2.67. The molecule has 2 fully saturated rings. The average Bonchev–Trinajstić information content (AvgIpc) is 3.31. The second-order valence-corrected chi connectivity index (χ2v) is 5.70. The third-order valence-corrected chi connectivity index (χ3v) is 4.06. The van der Waals surface area contributed by atoms with Crippen molar-refractivity contribution in [3.05, 3.63) is 22.2 Å². The molecule has 1 saturated heterocycles. The summed E-state index contributed by atoms with van der Waals surface area (Å²) in [6, 6.07) is 2.85. The molecule has 0 bridgehead atoms. The van der Waals surface area contributed by atoms with Gasteiger partial charge >= 0.3 is 0 Å². The molecule has 3 N–H and O–H groups in total. The van der Waals surface area contributed by atoms with E-state index in [0.717, 1.165) is 32.1 Å². The Bertz CT molecular complexity index is 525. The number of nitro groups is 1. The Morgan fingerprint density at radius 1 is 1.33 bits per heavy atom. The first-order chi connectivity index (χ1) is 10.2. The maximum Gasteiger partial charge on any atom is 0.276 e. The Morgan fingerprint density at radius 2 is 2.05 bits per heavy atom. The largest absolute Gasteiger partial charge is 0.354 e. The summed E-state index contributed by atoms with van der Waals surface area (Å²) in [5.41, 5.74) is 2.40. The van der Waals surface area contributed by atoms with Gasteiger partial charge < -0.3 is 10.3 Å². The number of rotatable bonds is 5. The highest BCUT2D eigenvalue weighted by Crippen LogP contribution is 2.30. The predicted molar refractivity (Wildman–Crippen MR) is 80.1 cm³/mol. The molecule has 2 heterocycles. The number of pyridine rings is 1. The first-order valence-electron chi connectivity index (χ1n) is 7.26. The van der Waals surface area contributed by atoms with E-state index in [9.17, 15) is 10.1 Å². The van der Waals surface area contributed by atoms with Crippen LogP contribution in [0.25, 0.3) is 0 Å². The summed E-state index contributed by atoms with van der Waals surface area (Å²) >= 11 is 0. The van der Waals surface area contributed by atoms with Gasteiger partial charge in [0, 0.05) is 32.7 Å². The third-order valence-electron chi connectivity index (χ3n) is 4.06. The average molecular weight is 292 g/mol. The van der Waals surface area contributed by atoms with E-state index in [1.807, 2.05) is 0 Å². The smallest absolute Gasteiger partial charge is 0.276 e. The molecule has 8 nitrogen and oxygen atoms in total. The van der Waals surface area contributed by atoms with Crippen LogP contribution in [0.3, 0.4) is 0 Å². The summed E-state index contributed by atoms with van der Waals surface area (Å²) in [5.74, 6) is 7.16. The fourth-order valence-corrected chi connectivity index (χ4v) is 2.67. The van der Waals surface area contributed by atoms with Crippen molar-refractivity contribution in [1.82, 2.24) is 9.88 Å². The quantitative estimate of drug-likeness (QED) is 0.470. The highest BCUT2D eigenvalue weighted by molar-refractivity contribution is 5.55. The van der Waals surface area contributed by atoms with Crippen LogP contribution >= 0.6 is 0 Å². The van der Waals surface area contributed by atoms with Crippen LogP contribution in [0.4, 0.5) is 17.3 Å². The van der Waals surface area contributed by atoms with Gasteiger partial charge in [0.1, 0.15) is 11.6 Å². The standard InChI is InChI=1S/C13H20N6O2/c14-16-12-7-11(19(20)21)8-13(15-12)18-5-3-17(4-6-18)9-10-1-2-10/h7-8,10H,1-6,9,14H2,(H,15,16). The van der Waals surface area contributed by atoms with Gasteiger partial charge in [-0.25, -0.2) is 10.8 Å². The zero-order chi connectivity index (χ0) is 14.8. The van der Waals surface area contributed by atoms with Crippen LogP contribution in [0.1, 0.15) is 12.8 Å². The molecule has 8 heteroatoms. The van der Waals surface area contributed by atoms with Crippen molar-refractivity contribution in [2.75, 3.05) is 43.0 Å². The topological polar surface area (TPSA) is 101 Å². The Morgan fingerprint density at radius 3 is 2.62 bits per heavy atom. The molecule has 114 valence electrons. The van der Waals surface area contributed by atoms with Gasteiger partial charge in [-0.3, -0.25) is 15.0 Å². The lowest BCUT2D eigenvalue weighted by Gasteiger charge is -2.35. The summed E-state index contributed by atoms with van der Waals surface area (Å²) in [4.78, 5) is 19.4. The number of hydrazine groups is 1. The predicted octanol–water partition coefficient (Wildman–Crippen LogP) is 0.807. The summed E-state index contributed by atoms with van der Waals surface area (Å²) in [6.45, 7) is 4.82. The molecule has 21 heavy (non-hydrogen) atoms. The van der Waals surface area contributed by atoms with E-state index in [-0.39, 0.29) is 5.69 Å². The van der Waals surface area contributed by atoms with Gasteiger partial charge in [0.2, 0.25) is 0 Å². The number of hydrogen-bond donors (Lipinski definition) is 2. The van der Waals surface area contributed by atoms with Gasteiger partial charge in [0.25, 0.3) is 5.69 Å². The first kappa shape index (κ1) is 14.0. The summed E-state index contributed by atoms with van der Waals surface area (Å²) in [7, 11) is 0. The van der Waals surface area contributed by atoms with Crippen LogP contribution in [0.2, 0.25) is 0 Å². The highest BCUT2D eigenvalue weighted by atomic mass is 16.6. The van der Waals surface area contributed by atoms with Crippen LogP contribution in [0.5, 0.6) is 0 Å². The minimum absolute atomic E-state index is 0.00774. The molecule has 0 aromatic carbocycles. The first-order valence-corrected chi connectivity index (χ1v) is 7.26. The summed E-state index contributed by atoms with van der Waals surface area (Å²) < 4.78 is 0. The van der Waals surface area contributed by atoms with Gasteiger partial charge in [0.15, 0.2) is 0 Å². The summed E-state index contributed by atoms with van der Waals surface area (Å²) in [6.07, 6.45) is 2.72. The van der Waals surface area contributed by atoms with E-state index in [2.05, 4.69) is 20.2 Å². The Hall–Kier alpha value is -1.93. The van der Waals surface area contributed by atoms with Crippen LogP contribution in [-0.2, 0) is 0 Å². The second kappa shape index (κ2) is 5.82. The molecular weight excluding hydrogens is 272 g/mol. The number of nitrogen functional groups attached to an aromatic ring is 1. The lowest BCUT2D eigenvalue weighted by molar-refractivity contribution is -0.384. The molecule has 0 amide bonds. The molecule has 1 aromatic heterocycles. The second-order valence-electron chi connectivity index (χ2n) is 5.70. The van der Waals surface area contributed by atoms with Crippen LogP contribution in [0, 0.1) is 16.0 Å². The molecule has 1 saturated carbocycles. The van der Waals surface area contributed by atoms with E-state index in [0.29, 0.717) is 11.6 Å². The Balaban J connectivity index is 1.68. The minimum atomic E-state index is -0.421. The molecule has 2 aliphatic rings. The molecule has 0 atom stereocenters. The molecule has 0 radical (unpaired) electrons. The van der Waals surface area contributed by atoms with E-state index in [1.54, 1.807) is 0 Å². The SMILES string of the molecule is NNc1cc([N+](=O)[O-])cc(N2CCN(CC3CC3)CC2)n1. The third kappa shape index (κ3) is 3.40. The molecule has 1 aliphatic heterocycles. The Labute approximate surface area is 123 Å². The maximum absolute atomic E-state index is 11.0. The lowest BCUT2D eigenvalue weighted by atomic mass is 10.2. The fraction of sp³-hybridized carbons (Fsp3) is 0.615. The van der Waals surface area contributed by atoms with Gasteiger partial charge in [-0.05, 0) is 18.8 Å². The van der Waals surface area contributed by atoms with Gasteiger partial charge in [-0.1, -0.05) is 0 Å². The number of nitrogens with one attached hydrogen (secondary N) is 1. The van der Waals surface area contributed by atoms with E-state index < -0.39 is 4.92 Å². The monoisotopic (exact) mass is 292 g/mol. The van der Waals surface area contributed by atoms with E-state index >= 15 is 0 Å². The van der Waals surface area contributed by atoms with E-state index in [4.69, 9.17) is 5.84 Å². The van der Waals surface area contributed by atoms with Gasteiger partial charge in [0.05, 0.1) is 17.1 Å². The molecule has 1 aliphatic carbocycles.